The SMILES string of the molecule is CCCCC(CC)(CC)C(=O)[O-].CCCCC(CC)(CC)C(=O)[O-].[Pd+2]. The van der Waals surface area contributed by atoms with E-state index in [0.717, 1.165) is 38.5 Å². The predicted octanol–water partition coefficient (Wildman–Crippen LogP) is 3.46. The molecule has 5 heteroatoms. The van der Waals surface area contributed by atoms with Crippen molar-refractivity contribution in [3.8, 4) is 0 Å². The van der Waals surface area contributed by atoms with Crippen LogP contribution in [0.5, 0.6) is 0 Å². The molecule has 0 aliphatic heterocycles. The molecular formula is C20H38O4Pd. The van der Waals surface area contributed by atoms with E-state index in [-0.39, 0.29) is 20.4 Å². The van der Waals surface area contributed by atoms with E-state index in [2.05, 4.69) is 13.8 Å². The van der Waals surface area contributed by atoms with Gasteiger partial charge in [0.25, 0.3) is 0 Å². The van der Waals surface area contributed by atoms with Gasteiger partial charge in [-0.15, -0.1) is 0 Å². The van der Waals surface area contributed by atoms with Crippen LogP contribution in [0.4, 0.5) is 0 Å². The second kappa shape index (κ2) is 15.8. The van der Waals surface area contributed by atoms with Crippen molar-refractivity contribution in [3.63, 3.8) is 0 Å². The minimum atomic E-state index is -0.874. The van der Waals surface area contributed by atoms with Crippen LogP contribution in [0.1, 0.15) is 106 Å². The average Bonchev–Trinajstić information content (AvgIpc) is 2.58. The first-order valence-corrected chi connectivity index (χ1v) is 9.68. The Balaban J connectivity index is -0.000000372. The van der Waals surface area contributed by atoms with Gasteiger partial charge in [-0.3, -0.25) is 0 Å². The standard InChI is InChI=1S/2C10H20O2.Pd/c2*1-4-7-8-10(5-2,6-3)9(11)12;/h2*4-8H2,1-3H3,(H,11,12);/q;;+2/p-2. The third kappa shape index (κ3) is 9.75. The van der Waals surface area contributed by atoms with Gasteiger partial charge in [0.1, 0.15) is 0 Å². The second-order valence-electron chi connectivity index (χ2n) is 6.76. The summed E-state index contributed by atoms with van der Waals surface area (Å²) in [6, 6.07) is 0. The summed E-state index contributed by atoms with van der Waals surface area (Å²) in [5, 5.41) is 21.8. The van der Waals surface area contributed by atoms with Crippen LogP contribution >= 0.6 is 0 Å². The van der Waals surface area contributed by atoms with Crippen LogP contribution < -0.4 is 10.2 Å². The number of carbonyl (C=O) groups is 2. The molecule has 0 rings (SSSR count). The summed E-state index contributed by atoms with van der Waals surface area (Å²) < 4.78 is 0. The molecule has 0 saturated heterocycles. The van der Waals surface area contributed by atoms with Gasteiger partial charge in [-0.1, -0.05) is 67.2 Å². The van der Waals surface area contributed by atoms with Gasteiger partial charge < -0.3 is 19.8 Å². The number of aliphatic carboxylic acids is 2. The van der Waals surface area contributed by atoms with E-state index < -0.39 is 22.8 Å². The maximum absolute atomic E-state index is 10.9. The maximum Gasteiger partial charge on any atom is 2.00 e. The van der Waals surface area contributed by atoms with Crippen molar-refractivity contribution < 1.29 is 40.2 Å². The van der Waals surface area contributed by atoms with Gasteiger partial charge in [-0.2, -0.15) is 0 Å². The monoisotopic (exact) mass is 448 g/mol. The van der Waals surface area contributed by atoms with Gasteiger partial charge in [0.15, 0.2) is 0 Å². The molecule has 0 N–H and O–H groups in total. The molecule has 0 bridgehead atoms. The molecule has 0 aromatic heterocycles. The Morgan fingerprint density at radius 2 is 0.880 bits per heavy atom. The topological polar surface area (TPSA) is 80.3 Å². The van der Waals surface area contributed by atoms with Crippen molar-refractivity contribution in [2.75, 3.05) is 0 Å². The molecule has 0 aromatic rings. The smallest absolute Gasteiger partial charge is 0.550 e. The molecule has 0 aliphatic carbocycles. The van der Waals surface area contributed by atoms with Crippen LogP contribution in [0.25, 0.3) is 0 Å². The zero-order chi connectivity index (χ0) is 19.2. The van der Waals surface area contributed by atoms with E-state index in [9.17, 15) is 19.8 Å². The van der Waals surface area contributed by atoms with E-state index in [1.54, 1.807) is 0 Å². The van der Waals surface area contributed by atoms with Gasteiger partial charge in [0, 0.05) is 22.8 Å². The Hall–Kier alpha value is -0.398. The Kier molecular flexibility index (Phi) is 18.6. The van der Waals surface area contributed by atoms with Crippen LogP contribution in [-0.4, -0.2) is 11.9 Å². The van der Waals surface area contributed by atoms with Crippen LogP contribution in [0.2, 0.25) is 0 Å². The molecule has 0 aromatic carbocycles. The zero-order valence-electron chi connectivity index (χ0n) is 17.0. The molecule has 0 atom stereocenters. The van der Waals surface area contributed by atoms with Crippen molar-refractivity contribution in [2.45, 2.75) is 106 Å². The molecular weight excluding hydrogens is 411 g/mol. The zero-order valence-corrected chi connectivity index (χ0v) is 18.6. The third-order valence-corrected chi connectivity index (χ3v) is 5.59. The fourth-order valence-corrected chi connectivity index (χ4v) is 3.02. The van der Waals surface area contributed by atoms with E-state index in [0.29, 0.717) is 25.7 Å². The molecule has 152 valence electrons. The van der Waals surface area contributed by atoms with Crippen molar-refractivity contribution >= 4 is 11.9 Å². The summed E-state index contributed by atoms with van der Waals surface area (Å²) in [5.74, 6) is -1.75. The van der Waals surface area contributed by atoms with E-state index >= 15 is 0 Å². The fraction of sp³-hybridized carbons (Fsp3) is 0.900. The number of unbranched alkanes of at least 4 members (excludes halogenated alkanes) is 2. The Bertz CT molecular complexity index is 314. The Labute approximate surface area is 168 Å². The molecule has 0 amide bonds. The summed E-state index contributed by atoms with van der Waals surface area (Å²) in [6.45, 7) is 11.9. The van der Waals surface area contributed by atoms with Crippen LogP contribution in [0, 0.1) is 10.8 Å². The van der Waals surface area contributed by atoms with Gasteiger partial charge in [0.2, 0.25) is 0 Å². The maximum atomic E-state index is 10.9. The Morgan fingerprint density at radius 3 is 1.00 bits per heavy atom. The molecule has 0 saturated carbocycles. The van der Waals surface area contributed by atoms with E-state index in [1.807, 2.05) is 27.7 Å². The van der Waals surface area contributed by atoms with Gasteiger partial charge in [-0.05, 0) is 38.5 Å². The van der Waals surface area contributed by atoms with Crippen molar-refractivity contribution in [1.82, 2.24) is 0 Å². The number of rotatable bonds is 12. The van der Waals surface area contributed by atoms with Crippen LogP contribution in [0.15, 0.2) is 0 Å². The van der Waals surface area contributed by atoms with Crippen molar-refractivity contribution in [1.29, 1.82) is 0 Å². The fourth-order valence-electron chi connectivity index (χ4n) is 3.02. The number of carbonyl (C=O) groups excluding carboxylic acids is 2. The van der Waals surface area contributed by atoms with Crippen molar-refractivity contribution in [3.05, 3.63) is 0 Å². The first-order valence-electron chi connectivity index (χ1n) is 9.68. The molecule has 0 unspecified atom stereocenters. The average molecular weight is 449 g/mol. The summed E-state index contributed by atoms with van der Waals surface area (Å²) in [6.07, 6.45) is 8.34. The minimum Gasteiger partial charge on any atom is -0.550 e. The van der Waals surface area contributed by atoms with Crippen LogP contribution in [-0.2, 0) is 30.0 Å². The molecule has 0 fully saturated rings. The van der Waals surface area contributed by atoms with Gasteiger partial charge in [0.05, 0.1) is 0 Å². The number of hydrogen-bond donors (Lipinski definition) is 0. The molecule has 25 heavy (non-hydrogen) atoms. The quantitative estimate of drug-likeness (QED) is 0.428. The van der Waals surface area contributed by atoms with Gasteiger partial charge >= 0.3 is 20.4 Å². The summed E-state index contributed by atoms with van der Waals surface area (Å²) >= 11 is 0. The normalized spacial score (nSPS) is 11.1. The summed E-state index contributed by atoms with van der Waals surface area (Å²) in [4.78, 5) is 21.8. The molecule has 0 spiro atoms. The number of carboxylic acids is 2. The molecule has 0 radical (unpaired) electrons. The Morgan fingerprint density at radius 1 is 0.640 bits per heavy atom. The third-order valence-electron chi connectivity index (χ3n) is 5.59. The van der Waals surface area contributed by atoms with E-state index in [4.69, 9.17) is 0 Å². The second-order valence-corrected chi connectivity index (χ2v) is 6.76. The number of hydrogen-bond acceptors (Lipinski definition) is 4. The van der Waals surface area contributed by atoms with Gasteiger partial charge in [-0.25, -0.2) is 0 Å². The largest absolute Gasteiger partial charge is 2.00 e. The summed E-state index contributed by atoms with van der Waals surface area (Å²) in [5.41, 5.74) is -1.12. The predicted molar refractivity (Wildman–Crippen MR) is 95.1 cm³/mol. The van der Waals surface area contributed by atoms with Crippen molar-refractivity contribution in [2.24, 2.45) is 10.8 Å². The van der Waals surface area contributed by atoms with E-state index in [1.165, 1.54) is 0 Å². The molecule has 0 aliphatic rings. The first kappa shape index (κ1) is 29.4. The van der Waals surface area contributed by atoms with Crippen LogP contribution in [0.3, 0.4) is 0 Å². The minimum absolute atomic E-state index is 0. The first-order chi connectivity index (χ1) is 11.3. The molecule has 0 heterocycles. The number of carboxylic acid groups (broad SMARTS) is 2. The summed E-state index contributed by atoms with van der Waals surface area (Å²) in [7, 11) is 0. The molecule has 4 nitrogen and oxygen atoms in total.